The molecule has 1 atom stereocenters. The quantitative estimate of drug-likeness (QED) is 0.357. The van der Waals surface area contributed by atoms with E-state index in [0.717, 1.165) is 12.8 Å². The summed E-state index contributed by atoms with van der Waals surface area (Å²) < 4.78 is 5.54. The van der Waals surface area contributed by atoms with E-state index in [1.807, 2.05) is 20.8 Å². The zero-order valence-corrected chi connectivity index (χ0v) is 22.4. The van der Waals surface area contributed by atoms with Crippen LogP contribution in [0.4, 0.5) is 10.5 Å². The minimum Gasteiger partial charge on any atom is -0.462 e. The number of benzene rings is 2. The maximum atomic E-state index is 13.1. The predicted molar refractivity (Wildman–Crippen MR) is 142 cm³/mol. The van der Waals surface area contributed by atoms with Crippen LogP contribution in [-0.2, 0) is 9.53 Å². The predicted octanol–water partition coefficient (Wildman–Crippen LogP) is 6.59. The molecule has 3 amide bonds. The Bertz CT molecular complexity index is 1160. The summed E-state index contributed by atoms with van der Waals surface area (Å²) in [6.45, 7) is 8.54. The molecule has 1 aliphatic rings. The number of carbonyl (C=O) groups is 3. The molecule has 2 aromatic carbocycles. The van der Waals surface area contributed by atoms with E-state index in [-0.39, 0.29) is 29.5 Å². The number of carbonyl (C=O) groups excluding carboxylic acids is 3. The molecule has 1 unspecified atom stereocenters. The maximum absolute atomic E-state index is 13.1. The van der Waals surface area contributed by atoms with Gasteiger partial charge in [0, 0.05) is 23.0 Å². The lowest BCUT2D eigenvalue weighted by atomic mass is 9.94. The molecule has 0 aliphatic carbocycles. The summed E-state index contributed by atoms with van der Waals surface area (Å²) >= 11 is 12.1. The Hall–Kier alpha value is -3.03. The SMILES string of the molecule is CCCCN1C(=O)NC(c2ccc(NC(=O)c3ccc(Cl)cc3Cl)cc2)C(C(=O)OCC(C)C)=C1C. The van der Waals surface area contributed by atoms with Crippen molar-refractivity contribution in [3.8, 4) is 0 Å². The Labute approximate surface area is 221 Å². The van der Waals surface area contributed by atoms with Crippen molar-refractivity contribution in [1.29, 1.82) is 0 Å². The van der Waals surface area contributed by atoms with Gasteiger partial charge in [0.05, 0.1) is 28.8 Å². The van der Waals surface area contributed by atoms with E-state index in [9.17, 15) is 14.4 Å². The van der Waals surface area contributed by atoms with Crippen LogP contribution in [0, 0.1) is 5.92 Å². The fourth-order valence-electron chi connectivity index (χ4n) is 3.83. The monoisotopic (exact) mass is 531 g/mol. The van der Waals surface area contributed by atoms with E-state index in [1.54, 1.807) is 48.2 Å². The zero-order chi connectivity index (χ0) is 26.4. The normalized spacial score (nSPS) is 15.7. The van der Waals surface area contributed by atoms with Crippen LogP contribution in [-0.4, -0.2) is 36.0 Å². The molecule has 0 radical (unpaired) electrons. The second-order valence-electron chi connectivity index (χ2n) is 9.08. The van der Waals surface area contributed by atoms with Gasteiger partial charge in [-0.1, -0.05) is 62.5 Å². The molecule has 0 fully saturated rings. The van der Waals surface area contributed by atoms with Crippen LogP contribution in [0.3, 0.4) is 0 Å². The van der Waals surface area contributed by atoms with Gasteiger partial charge in [-0.05, 0) is 55.2 Å². The Morgan fingerprint density at radius 1 is 1.14 bits per heavy atom. The molecule has 0 spiro atoms. The number of ether oxygens (including phenoxy) is 1. The summed E-state index contributed by atoms with van der Waals surface area (Å²) in [5, 5.41) is 6.44. The highest BCUT2D eigenvalue weighted by atomic mass is 35.5. The summed E-state index contributed by atoms with van der Waals surface area (Å²) in [4.78, 5) is 40.2. The molecule has 7 nitrogen and oxygen atoms in total. The van der Waals surface area contributed by atoms with Crippen molar-refractivity contribution >= 4 is 46.8 Å². The molecule has 1 aliphatic heterocycles. The lowest BCUT2D eigenvalue weighted by Gasteiger charge is -2.35. The number of urea groups is 1. The average Bonchev–Trinajstić information content (AvgIpc) is 2.82. The second kappa shape index (κ2) is 12.3. The van der Waals surface area contributed by atoms with E-state index < -0.39 is 12.0 Å². The lowest BCUT2D eigenvalue weighted by molar-refractivity contribution is -0.140. The summed E-state index contributed by atoms with van der Waals surface area (Å²) in [5.74, 6) is -0.655. The van der Waals surface area contributed by atoms with Crippen LogP contribution in [0.25, 0.3) is 0 Å². The van der Waals surface area contributed by atoms with Crippen LogP contribution in [0.5, 0.6) is 0 Å². The molecule has 0 aromatic heterocycles. The number of anilines is 1. The summed E-state index contributed by atoms with van der Waals surface area (Å²) in [6.07, 6.45) is 1.73. The third-order valence-corrected chi connectivity index (χ3v) is 6.32. The maximum Gasteiger partial charge on any atom is 0.338 e. The molecule has 0 saturated carbocycles. The highest BCUT2D eigenvalue weighted by molar-refractivity contribution is 6.37. The number of amides is 3. The Balaban J connectivity index is 1.86. The van der Waals surface area contributed by atoms with Crippen molar-refractivity contribution in [3.63, 3.8) is 0 Å². The van der Waals surface area contributed by atoms with Gasteiger partial charge in [-0.15, -0.1) is 0 Å². The highest BCUT2D eigenvalue weighted by Crippen LogP contribution is 2.32. The number of rotatable bonds is 9. The van der Waals surface area contributed by atoms with Crippen LogP contribution < -0.4 is 10.6 Å². The largest absolute Gasteiger partial charge is 0.462 e. The van der Waals surface area contributed by atoms with Crippen LogP contribution in [0.15, 0.2) is 53.7 Å². The molecule has 36 heavy (non-hydrogen) atoms. The Kier molecular flexibility index (Phi) is 9.40. The molecule has 9 heteroatoms. The Morgan fingerprint density at radius 2 is 1.83 bits per heavy atom. The van der Waals surface area contributed by atoms with E-state index in [4.69, 9.17) is 27.9 Å². The smallest absolute Gasteiger partial charge is 0.338 e. The van der Waals surface area contributed by atoms with E-state index in [1.165, 1.54) is 6.07 Å². The average molecular weight is 532 g/mol. The van der Waals surface area contributed by atoms with Crippen molar-refractivity contribution in [2.45, 2.75) is 46.6 Å². The number of nitrogens with zero attached hydrogens (tertiary/aromatic N) is 1. The fourth-order valence-corrected chi connectivity index (χ4v) is 4.33. The van der Waals surface area contributed by atoms with E-state index in [2.05, 4.69) is 10.6 Å². The molecule has 1 heterocycles. The first kappa shape index (κ1) is 27.6. The van der Waals surface area contributed by atoms with Crippen LogP contribution in [0.2, 0.25) is 10.0 Å². The molecular formula is C27H31Cl2N3O4. The Morgan fingerprint density at radius 3 is 2.44 bits per heavy atom. The summed E-state index contributed by atoms with van der Waals surface area (Å²) in [6, 6.07) is 10.6. The molecule has 0 bridgehead atoms. The molecule has 192 valence electrons. The first-order valence-electron chi connectivity index (χ1n) is 11.9. The zero-order valence-electron chi connectivity index (χ0n) is 20.9. The van der Waals surface area contributed by atoms with Gasteiger partial charge < -0.3 is 15.4 Å². The van der Waals surface area contributed by atoms with Crippen molar-refractivity contribution in [1.82, 2.24) is 10.2 Å². The van der Waals surface area contributed by atoms with Gasteiger partial charge in [-0.2, -0.15) is 0 Å². The van der Waals surface area contributed by atoms with Gasteiger partial charge in [0.1, 0.15) is 0 Å². The molecule has 2 aromatic rings. The van der Waals surface area contributed by atoms with Crippen molar-refractivity contribution in [3.05, 3.63) is 74.9 Å². The molecule has 0 saturated heterocycles. The highest BCUT2D eigenvalue weighted by Gasteiger charge is 2.36. The number of unbranched alkanes of at least 4 members (excludes halogenated alkanes) is 1. The van der Waals surface area contributed by atoms with Gasteiger partial charge in [0.15, 0.2) is 0 Å². The summed E-state index contributed by atoms with van der Waals surface area (Å²) in [5.41, 5.74) is 2.50. The lowest BCUT2D eigenvalue weighted by Crippen LogP contribution is -2.48. The minimum atomic E-state index is -0.675. The standard InChI is InChI=1S/C27H31Cl2N3O4/c1-5-6-13-32-17(4)23(26(34)36-15-16(2)3)24(31-27(32)35)18-7-10-20(11-8-18)30-25(33)21-12-9-19(28)14-22(21)29/h7-12,14,16,24H,5-6,13,15H2,1-4H3,(H,30,33)(H,31,35). The number of halogens is 2. The number of nitrogens with one attached hydrogen (secondary N) is 2. The van der Waals surface area contributed by atoms with Gasteiger partial charge in [-0.3, -0.25) is 9.69 Å². The number of hydrogen-bond acceptors (Lipinski definition) is 4. The van der Waals surface area contributed by atoms with Crippen molar-refractivity contribution in [2.24, 2.45) is 5.92 Å². The van der Waals surface area contributed by atoms with Gasteiger partial charge >= 0.3 is 12.0 Å². The number of esters is 1. The van der Waals surface area contributed by atoms with Crippen molar-refractivity contribution in [2.75, 3.05) is 18.5 Å². The molecular weight excluding hydrogens is 501 g/mol. The topological polar surface area (TPSA) is 87.7 Å². The third-order valence-electron chi connectivity index (χ3n) is 5.78. The second-order valence-corrected chi connectivity index (χ2v) is 9.92. The first-order chi connectivity index (χ1) is 17.1. The number of allylic oxidation sites excluding steroid dienone is 1. The van der Waals surface area contributed by atoms with E-state index >= 15 is 0 Å². The fraction of sp³-hybridized carbons (Fsp3) is 0.370. The number of hydrogen-bond donors (Lipinski definition) is 2. The van der Waals surface area contributed by atoms with Crippen molar-refractivity contribution < 1.29 is 19.1 Å². The first-order valence-corrected chi connectivity index (χ1v) is 12.7. The molecule has 3 rings (SSSR count). The van der Waals surface area contributed by atoms with Gasteiger partial charge in [-0.25, -0.2) is 9.59 Å². The minimum absolute atomic E-state index is 0.180. The molecule has 2 N–H and O–H groups in total. The van der Waals surface area contributed by atoms with Gasteiger partial charge in [0.2, 0.25) is 0 Å². The van der Waals surface area contributed by atoms with Crippen LogP contribution >= 0.6 is 23.2 Å². The van der Waals surface area contributed by atoms with E-state index in [0.29, 0.717) is 39.7 Å². The van der Waals surface area contributed by atoms with Gasteiger partial charge in [0.25, 0.3) is 5.91 Å². The third kappa shape index (κ3) is 6.59. The summed E-state index contributed by atoms with van der Waals surface area (Å²) in [7, 11) is 0. The van der Waals surface area contributed by atoms with Crippen LogP contribution in [0.1, 0.15) is 62.5 Å².